The van der Waals surface area contributed by atoms with Gasteiger partial charge in [-0.1, -0.05) is 68.4 Å². The van der Waals surface area contributed by atoms with Crippen LogP contribution in [0.25, 0.3) is 11.1 Å². The number of carbonyl (C=O) groups excluding carboxylic acids is 1. The number of benzene rings is 2. The molecule has 0 bridgehead atoms. The zero-order chi connectivity index (χ0) is 17.4. The van der Waals surface area contributed by atoms with Gasteiger partial charge in [0.2, 0.25) is 5.91 Å². The van der Waals surface area contributed by atoms with Gasteiger partial charge in [0.25, 0.3) is 0 Å². The smallest absolute Gasteiger partial charge is 0.227 e. The molecule has 1 amide bonds. The molecule has 1 atom stereocenters. The van der Waals surface area contributed by atoms with E-state index in [1.807, 2.05) is 25.1 Å². The monoisotopic (exact) mass is 324 g/mol. The second-order valence-corrected chi connectivity index (χ2v) is 6.03. The molecule has 0 radical (unpaired) electrons. The molecule has 0 spiro atoms. The molecular formula is C21H28N2O. The highest BCUT2D eigenvalue weighted by Gasteiger charge is 2.15. The molecular weight excluding hydrogens is 296 g/mol. The maximum atomic E-state index is 12.3. The number of nitrogens with zero attached hydrogens (tertiary/aromatic N) is 1. The highest BCUT2D eigenvalue weighted by molar-refractivity contribution is 5.83. The second-order valence-electron chi connectivity index (χ2n) is 6.03. The van der Waals surface area contributed by atoms with E-state index in [1.165, 1.54) is 11.1 Å². The molecule has 0 aliphatic rings. The van der Waals surface area contributed by atoms with Crippen molar-refractivity contribution in [2.75, 3.05) is 26.2 Å². The fourth-order valence-electron chi connectivity index (χ4n) is 2.78. The SMILES string of the molecule is CCN(CC)CCNC(=O)[C@H](C)c1ccc(-c2ccccc2)cc1. The number of rotatable bonds is 8. The largest absolute Gasteiger partial charge is 0.354 e. The van der Waals surface area contributed by atoms with Crippen molar-refractivity contribution in [1.82, 2.24) is 10.2 Å². The van der Waals surface area contributed by atoms with Crippen molar-refractivity contribution in [3.05, 3.63) is 60.2 Å². The first-order valence-corrected chi connectivity index (χ1v) is 8.81. The van der Waals surface area contributed by atoms with E-state index in [-0.39, 0.29) is 11.8 Å². The summed E-state index contributed by atoms with van der Waals surface area (Å²) in [5.41, 5.74) is 3.42. The summed E-state index contributed by atoms with van der Waals surface area (Å²) in [6.45, 7) is 9.88. The van der Waals surface area contributed by atoms with E-state index in [9.17, 15) is 4.79 Å². The first kappa shape index (κ1) is 18.2. The van der Waals surface area contributed by atoms with Crippen molar-refractivity contribution >= 4 is 5.91 Å². The molecule has 24 heavy (non-hydrogen) atoms. The number of hydrogen-bond donors (Lipinski definition) is 1. The van der Waals surface area contributed by atoms with Crippen molar-refractivity contribution in [3.63, 3.8) is 0 Å². The Morgan fingerprint density at radius 3 is 2.12 bits per heavy atom. The molecule has 0 aliphatic carbocycles. The van der Waals surface area contributed by atoms with Gasteiger partial charge in [-0.25, -0.2) is 0 Å². The lowest BCUT2D eigenvalue weighted by Gasteiger charge is -2.19. The van der Waals surface area contributed by atoms with Crippen LogP contribution in [0, 0.1) is 0 Å². The third kappa shape index (κ3) is 4.93. The molecule has 0 heterocycles. The van der Waals surface area contributed by atoms with Gasteiger partial charge in [0, 0.05) is 13.1 Å². The van der Waals surface area contributed by atoms with Crippen LogP contribution in [0.15, 0.2) is 54.6 Å². The van der Waals surface area contributed by atoms with Crippen LogP contribution in [0.1, 0.15) is 32.3 Å². The Bertz CT molecular complexity index is 618. The maximum Gasteiger partial charge on any atom is 0.227 e. The molecule has 0 unspecified atom stereocenters. The predicted molar refractivity (Wildman–Crippen MR) is 101 cm³/mol. The number of likely N-dealkylation sites (N-methyl/N-ethyl adjacent to an activating group) is 1. The predicted octanol–water partition coefficient (Wildman–Crippen LogP) is 3.92. The van der Waals surface area contributed by atoms with Crippen LogP contribution >= 0.6 is 0 Å². The van der Waals surface area contributed by atoms with Gasteiger partial charge >= 0.3 is 0 Å². The Labute approximate surface area is 145 Å². The van der Waals surface area contributed by atoms with E-state index in [4.69, 9.17) is 0 Å². The third-order valence-corrected chi connectivity index (χ3v) is 4.53. The molecule has 0 fully saturated rings. The summed E-state index contributed by atoms with van der Waals surface area (Å²) in [5, 5.41) is 3.05. The van der Waals surface area contributed by atoms with Gasteiger partial charge in [-0.15, -0.1) is 0 Å². The van der Waals surface area contributed by atoms with E-state index < -0.39 is 0 Å². The average molecular weight is 324 g/mol. The van der Waals surface area contributed by atoms with Gasteiger partial charge in [-0.3, -0.25) is 4.79 Å². The molecule has 2 rings (SSSR count). The molecule has 0 saturated carbocycles. The second kappa shape index (κ2) is 9.24. The minimum absolute atomic E-state index is 0.0922. The Balaban J connectivity index is 1.92. The van der Waals surface area contributed by atoms with Gasteiger partial charge < -0.3 is 10.2 Å². The highest BCUT2D eigenvalue weighted by Crippen LogP contribution is 2.22. The molecule has 128 valence electrons. The fraction of sp³-hybridized carbons (Fsp3) is 0.381. The minimum atomic E-state index is -0.133. The Morgan fingerprint density at radius 1 is 0.958 bits per heavy atom. The normalized spacial score (nSPS) is 12.2. The van der Waals surface area contributed by atoms with E-state index in [2.05, 4.69) is 60.5 Å². The molecule has 0 saturated heterocycles. The van der Waals surface area contributed by atoms with Gasteiger partial charge in [-0.2, -0.15) is 0 Å². The van der Waals surface area contributed by atoms with Crippen LogP contribution in [0.5, 0.6) is 0 Å². The van der Waals surface area contributed by atoms with Crippen molar-refractivity contribution in [3.8, 4) is 11.1 Å². The van der Waals surface area contributed by atoms with Gasteiger partial charge in [0.05, 0.1) is 5.92 Å². The summed E-state index contributed by atoms with van der Waals surface area (Å²) in [5.74, 6) is -0.0406. The number of carbonyl (C=O) groups is 1. The molecule has 0 aromatic heterocycles. The lowest BCUT2D eigenvalue weighted by atomic mass is 9.97. The molecule has 3 nitrogen and oxygen atoms in total. The van der Waals surface area contributed by atoms with Crippen LogP contribution in [-0.4, -0.2) is 37.0 Å². The van der Waals surface area contributed by atoms with Crippen molar-refractivity contribution in [1.29, 1.82) is 0 Å². The molecule has 3 heteroatoms. The van der Waals surface area contributed by atoms with Gasteiger partial charge in [0.15, 0.2) is 0 Å². The fourth-order valence-corrected chi connectivity index (χ4v) is 2.78. The van der Waals surface area contributed by atoms with E-state index in [0.717, 1.165) is 25.2 Å². The Hall–Kier alpha value is -2.13. The quantitative estimate of drug-likeness (QED) is 0.798. The molecule has 2 aromatic carbocycles. The van der Waals surface area contributed by atoms with Crippen LogP contribution < -0.4 is 5.32 Å². The highest BCUT2D eigenvalue weighted by atomic mass is 16.1. The topological polar surface area (TPSA) is 32.3 Å². The number of amides is 1. The number of nitrogens with one attached hydrogen (secondary N) is 1. The molecule has 1 N–H and O–H groups in total. The van der Waals surface area contributed by atoms with Crippen LogP contribution in [0.4, 0.5) is 0 Å². The maximum absolute atomic E-state index is 12.3. The van der Waals surface area contributed by atoms with E-state index in [0.29, 0.717) is 6.54 Å². The Kier molecular flexibility index (Phi) is 7.01. The third-order valence-electron chi connectivity index (χ3n) is 4.53. The summed E-state index contributed by atoms with van der Waals surface area (Å²) < 4.78 is 0. The first-order chi connectivity index (χ1) is 11.7. The zero-order valence-electron chi connectivity index (χ0n) is 15.0. The summed E-state index contributed by atoms with van der Waals surface area (Å²) >= 11 is 0. The van der Waals surface area contributed by atoms with E-state index in [1.54, 1.807) is 0 Å². The molecule has 2 aromatic rings. The molecule has 0 aliphatic heterocycles. The van der Waals surface area contributed by atoms with Crippen LogP contribution in [-0.2, 0) is 4.79 Å². The van der Waals surface area contributed by atoms with Gasteiger partial charge in [-0.05, 0) is 36.7 Å². The van der Waals surface area contributed by atoms with Gasteiger partial charge in [0.1, 0.15) is 0 Å². The van der Waals surface area contributed by atoms with Crippen LogP contribution in [0.2, 0.25) is 0 Å². The summed E-state index contributed by atoms with van der Waals surface area (Å²) in [6.07, 6.45) is 0. The summed E-state index contributed by atoms with van der Waals surface area (Å²) in [7, 11) is 0. The Morgan fingerprint density at radius 2 is 1.54 bits per heavy atom. The lowest BCUT2D eigenvalue weighted by Crippen LogP contribution is -2.36. The minimum Gasteiger partial charge on any atom is -0.354 e. The summed E-state index contributed by atoms with van der Waals surface area (Å²) in [6, 6.07) is 18.6. The number of hydrogen-bond acceptors (Lipinski definition) is 2. The van der Waals surface area contributed by atoms with Crippen LogP contribution in [0.3, 0.4) is 0 Å². The van der Waals surface area contributed by atoms with E-state index >= 15 is 0 Å². The average Bonchev–Trinajstić information content (AvgIpc) is 2.65. The lowest BCUT2D eigenvalue weighted by molar-refractivity contribution is -0.122. The van der Waals surface area contributed by atoms with Crippen molar-refractivity contribution < 1.29 is 4.79 Å². The van der Waals surface area contributed by atoms with Crippen molar-refractivity contribution in [2.45, 2.75) is 26.7 Å². The first-order valence-electron chi connectivity index (χ1n) is 8.81. The zero-order valence-corrected chi connectivity index (χ0v) is 15.0. The summed E-state index contributed by atoms with van der Waals surface area (Å²) in [4.78, 5) is 14.6. The standard InChI is InChI=1S/C21H28N2O/c1-4-23(5-2)16-15-22-21(24)17(3)18-11-13-20(14-12-18)19-9-7-6-8-10-19/h6-14,17H,4-5,15-16H2,1-3H3,(H,22,24)/t17-/m1/s1. The van der Waals surface area contributed by atoms with Crippen molar-refractivity contribution in [2.24, 2.45) is 0 Å².